The molecule has 2 amide bonds. The van der Waals surface area contributed by atoms with Crippen molar-refractivity contribution in [3.8, 4) is 11.5 Å². The number of hydrogen-bond donors (Lipinski definition) is 1. The fourth-order valence-electron chi connectivity index (χ4n) is 4.54. The van der Waals surface area contributed by atoms with Gasteiger partial charge in [0.05, 0.1) is 24.8 Å². The van der Waals surface area contributed by atoms with Crippen molar-refractivity contribution in [2.45, 2.75) is 64.1 Å². The van der Waals surface area contributed by atoms with Crippen molar-refractivity contribution in [2.75, 3.05) is 25.1 Å². The summed E-state index contributed by atoms with van der Waals surface area (Å²) in [7, 11) is -1.45. The van der Waals surface area contributed by atoms with Crippen LogP contribution in [0.2, 0.25) is 10.0 Å². The Morgan fingerprint density at radius 3 is 2.18 bits per heavy atom. The molecule has 3 aromatic rings. The zero-order valence-electron chi connectivity index (χ0n) is 25.8. The van der Waals surface area contributed by atoms with E-state index >= 15 is 0 Å². The van der Waals surface area contributed by atoms with Gasteiger partial charge in [0.25, 0.3) is 10.0 Å². The van der Waals surface area contributed by atoms with Crippen LogP contribution >= 0.6 is 23.2 Å². The Morgan fingerprint density at radius 1 is 0.932 bits per heavy atom. The van der Waals surface area contributed by atoms with Crippen molar-refractivity contribution in [1.29, 1.82) is 0 Å². The number of anilines is 1. The van der Waals surface area contributed by atoms with Gasteiger partial charge >= 0.3 is 0 Å². The molecule has 0 spiro atoms. The highest BCUT2D eigenvalue weighted by Gasteiger charge is 2.35. The molecule has 2 unspecified atom stereocenters. The maximum Gasteiger partial charge on any atom is 0.264 e. The molecule has 0 aliphatic rings. The Kier molecular flexibility index (Phi) is 12.3. The number of ether oxygens (including phenoxy) is 2. The zero-order valence-corrected chi connectivity index (χ0v) is 28.1. The molecule has 9 nitrogen and oxygen atoms in total. The molecule has 0 radical (unpaired) electrons. The molecule has 0 aliphatic carbocycles. The van der Waals surface area contributed by atoms with Crippen LogP contribution in [-0.4, -0.2) is 58.0 Å². The van der Waals surface area contributed by atoms with Gasteiger partial charge in [-0.05, 0) is 68.7 Å². The number of hydrogen-bond acceptors (Lipinski definition) is 6. The van der Waals surface area contributed by atoms with E-state index in [1.54, 1.807) is 49.4 Å². The molecule has 0 aromatic heterocycles. The number of carbonyl (C=O) groups excluding carboxylic acids is 2. The van der Waals surface area contributed by atoms with Crippen LogP contribution in [0.3, 0.4) is 0 Å². The van der Waals surface area contributed by atoms with Gasteiger partial charge in [-0.15, -0.1) is 0 Å². The highest BCUT2D eigenvalue weighted by atomic mass is 35.5. The Bertz CT molecular complexity index is 1570. The van der Waals surface area contributed by atoms with E-state index in [0.29, 0.717) is 27.8 Å². The molecule has 0 fully saturated rings. The van der Waals surface area contributed by atoms with Gasteiger partial charge in [0.2, 0.25) is 11.8 Å². The Balaban J connectivity index is 2.17. The number of halogens is 2. The lowest BCUT2D eigenvalue weighted by molar-refractivity contribution is -0.140. The molecule has 0 saturated heterocycles. The number of rotatable bonds is 14. The number of carbonyl (C=O) groups is 2. The van der Waals surface area contributed by atoms with Crippen LogP contribution in [0.1, 0.15) is 44.7 Å². The van der Waals surface area contributed by atoms with Crippen molar-refractivity contribution in [1.82, 2.24) is 10.2 Å². The van der Waals surface area contributed by atoms with Gasteiger partial charge in [-0.1, -0.05) is 60.8 Å². The number of methoxy groups -OCH3 is 2. The predicted molar refractivity (Wildman–Crippen MR) is 174 cm³/mol. The topological polar surface area (TPSA) is 105 Å². The standard InChI is InChI=1S/C32H39Cl2N3O6S/c1-7-22(4)35-32(39)28(8-2)36(19-23-11-12-24(33)17-27(23)34)31(38)20-37(29-18-25(42-5)13-16-30(29)43-6)44(40,41)26-14-9-21(3)10-15-26/h9-18,22,28H,7-8,19-20H2,1-6H3,(H,35,39). The molecule has 2 atom stereocenters. The maximum atomic E-state index is 14.4. The summed E-state index contributed by atoms with van der Waals surface area (Å²) < 4.78 is 40.3. The van der Waals surface area contributed by atoms with Crippen molar-refractivity contribution in [2.24, 2.45) is 0 Å². The SMILES string of the molecule is CCC(C)NC(=O)C(CC)N(Cc1ccc(Cl)cc1Cl)C(=O)CN(c1cc(OC)ccc1OC)S(=O)(=O)c1ccc(C)cc1. The number of amides is 2. The summed E-state index contributed by atoms with van der Waals surface area (Å²) in [5, 5.41) is 3.68. The second kappa shape index (κ2) is 15.5. The Labute approximate surface area is 270 Å². The molecule has 0 saturated carbocycles. The summed E-state index contributed by atoms with van der Waals surface area (Å²) in [5.41, 5.74) is 1.52. The van der Waals surface area contributed by atoms with Gasteiger partial charge < -0.3 is 19.7 Å². The molecule has 0 heterocycles. The largest absolute Gasteiger partial charge is 0.497 e. The molecule has 44 heavy (non-hydrogen) atoms. The average molecular weight is 665 g/mol. The van der Waals surface area contributed by atoms with E-state index in [1.165, 1.54) is 37.3 Å². The quantitative estimate of drug-likeness (QED) is 0.219. The van der Waals surface area contributed by atoms with E-state index in [-0.39, 0.29) is 41.2 Å². The first kappa shape index (κ1) is 35.0. The maximum absolute atomic E-state index is 14.4. The third-order valence-electron chi connectivity index (χ3n) is 7.29. The molecule has 3 aromatic carbocycles. The van der Waals surface area contributed by atoms with Crippen LogP contribution in [0.4, 0.5) is 5.69 Å². The molecular formula is C32H39Cl2N3O6S. The summed E-state index contributed by atoms with van der Waals surface area (Å²) >= 11 is 12.6. The molecule has 3 rings (SSSR count). The first-order valence-electron chi connectivity index (χ1n) is 14.2. The minimum Gasteiger partial charge on any atom is -0.497 e. The smallest absolute Gasteiger partial charge is 0.264 e. The minimum absolute atomic E-state index is 0.0189. The van der Waals surface area contributed by atoms with Crippen molar-refractivity contribution < 1.29 is 27.5 Å². The second-order valence-electron chi connectivity index (χ2n) is 10.4. The summed E-state index contributed by atoms with van der Waals surface area (Å²) in [6.45, 7) is 6.75. The third kappa shape index (κ3) is 8.37. The van der Waals surface area contributed by atoms with Gasteiger partial charge in [0.15, 0.2) is 0 Å². The zero-order chi connectivity index (χ0) is 32.6. The number of sulfonamides is 1. The molecular weight excluding hydrogens is 625 g/mol. The van der Waals surface area contributed by atoms with Crippen LogP contribution in [0.25, 0.3) is 0 Å². The summed E-state index contributed by atoms with van der Waals surface area (Å²) in [6, 6.07) is 14.8. The number of aryl methyl sites for hydroxylation is 1. The molecule has 0 aliphatic heterocycles. The first-order chi connectivity index (χ1) is 20.9. The van der Waals surface area contributed by atoms with Crippen molar-refractivity contribution in [3.05, 3.63) is 81.8 Å². The van der Waals surface area contributed by atoms with Gasteiger partial charge in [-0.3, -0.25) is 13.9 Å². The van der Waals surface area contributed by atoms with Crippen LogP contribution in [-0.2, 0) is 26.2 Å². The summed E-state index contributed by atoms with van der Waals surface area (Å²) in [4.78, 5) is 29.2. The van der Waals surface area contributed by atoms with Crippen LogP contribution in [0, 0.1) is 6.92 Å². The monoisotopic (exact) mass is 663 g/mol. The van der Waals surface area contributed by atoms with E-state index in [2.05, 4.69) is 5.32 Å². The van der Waals surface area contributed by atoms with Gasteiger partial charge in [0.1, 0.15) is 24.1 Å². The lowest BCUT2D eigenvalue weighted by Crippen LogP contribution is -2.53. The highest BCUT2D eigenvalue weighted by Crippen LogP contribution is 2.36. The summed E-state index contributed by atoms with van der Waals surface area (Å²) in [6.07, 6.45) is 0.962. The normalized spacial score (nSPS) is 12.6. The van der Waals surface area contributed by atoms with E-state index in [4.69, 9.17) is 32.7 Å². The lowest BCUT2D eigenvalue weighted by Gasteiger charge is -2.34. The third-order valence-corrected chi connectivity index (χ3v) is 9.65. The van der Waals surface area contributed by atoms with E-state index in [9.17, 15) is 18.0 Å². The molecule has 0 bridgehead atoms. The predicted octanol–water partition coefficient (Wildman–Crippen LogP) is 6.24. The number of nitrogens with zero attached hydrogens (tertiary/aromatic N) is 2. The van der Waals surface area contributed by atoms with E-state index < -0.39 is 28.5 Å². The fraction of sp³-hybridized carbons (Fsp3) is 0.375. The Hall–Kier alpha value is -3.47. The van der Waals surface area contributed by atoms with Gasteiger partial charge in [-0.2, -0.15) is 0 Å². The van der Waals surface area contributed by atoms with Crippen molar-refractivity contribution >= 4 is 50.7 Å². The van der Waals surface area contributed by atoms with Gasteiger partial charge in [-0.25, -0.2) is 8.42 Å². The first-order valence-corrected chi connectivity index (χ1v) is 16.4. The molecule has 238 valence electrons. The van der Waals surface area contributed by atoms with Crippen LogP contribution in [0.15, 0.2) is 65.6 Å². The number of nitrogens with one attached hydrogen (secondary N) is 1. The molecule has 12 heteroatoms. The second-order valence-corrected chi connectivity index (χ2v) is 13.1. The van der Waals surface area contributed by atoms with Crippen LogP contribution < -0.4 is 19.1 Å². The highest BCUT2D eigenvalue weighted by molar-refractivity contribution is 7.92. The van der Waals surface area contributed by atoms with E-state index in [0.717, 1.165) is 9.87 Å². The van der Waals surface area contributed by atoms with Crippen LogP contribution in [0.5, 0.6) is 11.5 Å². The van der Waals surface area contributed by atoms with Crippen molar-refractivity contribution in [3.63, 3.8) is 0 Å². The van der Waals surface area contributed by atoms with Gasteiger partial charge in [0, 0.05) is 28.7 Å². The van der Waals surface area contributed by atoms with E-state index in [1.807, 2.05) is 20.8 Å². The fourth-order valence-corrected chi connectivity index (χ4v) is 6.42. The average Bonchev–Trinajstić information content (AvgIpc) is 3.00. The molecule has 1 N–H and O–H groups in total. The number of benzene rings is 3. The lowest BCUT2D eigenvalue weighted by atomic mass is 10.1. The Morgan fingerprint density at radius 2 is 1.61 bits per heavy atom. The minimum atomic E-state index is -4.31. The summed E-state index contributed by atoms with van der Waals surface area (Å²) in [5.74, 6) is -0.403.